The van der Waals surface area contributed by atoms with Crippen molar-refractivity contribution in [1.82, 2.24) is 0 Å². The predicted molar refractivity (Wildman–Crippen MR) is 102 cm³/mol. The Morgan fingerprint density at radius 1 is 1.24 bits per heavy atom. The number of methoxy groups -OCH3 is 2. The Balaban J connectivity index is 1.83. The molecular formula is C18H21N2O3S2+. The standard InChI is InChI=1S/C18H21N2O3S2/c1-22-13-6-7-15(23-2)14(11-13)19-12-18(21,16-5-3-9-24-16)20-8-4-10-25-17(19)20/h3,5-7,9,11,21H,4,8,10,12H2,1-2H3/q+1/t18-/m0/s1. The van der Waals surface area contributed by atoms with Gasteiger partial charge in [-0.15, -0.1) is 11.3 Å². The summed E-state index contributed by atoms with van der Waals surface area (Å²) in [7, 11) is 3.33. The first-order chi connectivity index (χ1) is 12.2. The van der Waals surface area contributed by atoms with Crippen molar-refractivity contribution >= 4 is 34.0 Å². The van der Waals surface area contributed by atoms with E-state index in [0.717, 1.165) is 45.9 Å². The van der Waals surface area contributed by atoms with Crippen molar-refractivity contribution in [2.45, 2.75) is 12.1 Å². The van der Waals surface area contributed by atoms with Gasteiger partial charge in [0.1, 0.15) is 5.75 Å². The minimum absolute atomic E-state index is 0.472. The lowest BCUT2D eigenvalue weighted by molar-refractivity contribution is -0.655. The van der Waals surface area contributed by atoms with Crippen molar-refractivity contribution in [1.29, 1.82) is 0 Å². The van der Waals surface area contributed by atoms with Crippen molar-refractivity contribution in [3.63, 3.8) is 0 Å². The molecule has 2 aliphatic rings. The average Bonchev–Trinajstić information content (AvgIpc) is 3.29. The summed E-state index contributed by atoms with van der Waals surface area (Å²) in [5.74, 6) is 2.60. The molecule has 0 amide bonds. The van der Waals surface area contributed by atoms with Crippen molar-refractivity contribution < 1.29 is 19.2 Å². The lowest BCUT2D eigenvalue weighted by Gasteiger charge is -2.22. The van der Waals surface area contributed by atoms with Crippen LogP contribution in [0.4, 0.5) is 5.69 Å². The number of β-amino-alcohol motifs (C(OH)–C–C–N with tert-alkyl or cyclic N) is 1. The topological polar surface area (TPSA) is 44.9 Å². The number of nitrogens with zero attached hydrogens (tertiary/aromatic N) is 2. The molecule has 0 saturated carbocycles. The Kier molecular flexibility index (Phi) is 4.39. The van der Waals surface area contributed by atoms with Gasteiger partial charge < -0.3 is 14.6 Å². The zero-order chi connectivity index (χ0) is 17.4. The van der Waals surface area contributed by atoms with Gasteiger partial charge in [0.15, 0.2) is 18.0 Å². The highest BCUT2D eigenvalue weighted by Crippen LogP contribution is 2.42. The lowest BCUT2D eigenvalue weighted by atomic mass is 10.1. The van der Waals surface area contributed by atoms with E-state index >= 15 is 0 Å². The molecule has 3 heterocycles. The summed E-state index contributed by atoms with van der Waals surface area (Å²) in [5.41, 5.74) is -0.0888. The quantitative estimate of drug-likeness (QED) is 0.830. The first-order valence-corrected chi connectivity index (χ1v) is 10.1. The van der Waals surface area contributed by atoms with Crippen molar-refractivity contribution in [3.05, 3.63) is 40.6 Å². The van der Waals surface area contributed by atoms with Crippen LogP contribution in [0.2, 0.25) is 0 Å². The zero-order valence-electron chi connectivity index (χ0n) is 14.3. The normalized spacial score (nSPS) is 22.9. The Morgan fingerprint density at radius 2 is 2.12 bits per heavy atom. The van der Waals surface area contributed by atoms with E-state index in [1.54, 1.807) is 37.3 Å². The van der Waals surface area contributed by atoms with E-state index in [0.29, 0.717) is 6.54 Å². The van der Waals surface area contributed by atoms with E-state index < -0.39 is 5.72 Å². The number of anilines is 1. The molecule has 4 rings (SSSR count). The molecule has 132 valence electrons. The lowest BCUT2D eigenvalue weighted by Crippen LogP contribution is -2.40. The van der Waals surface area contributed by atoms with Crippen LogP contribution in [0.1, 0.15) is 11.3 Å². The van der Waals surface area contributed by atoms with Crippen LogP contribution in [-0.2, 0) is 5.72 Å². The number of aliphatic hydroxyl groups is 1. The van der Waals surface area contributed by atoms with Gasteiger partial charge in [0.2, 0.25) is 0 Å². The molecule has 0 aliphatic carbocycles. The third-order valence-corrected chi connectivity index (χ3v) is 6.84. The van der Waals surface area contributed by atoms with Crippen LogP contribution >= 0.6 is 23.1 Å². The Morgan fingerprint density at radius 3 is 2.84 bits per heavy atom. The molecule has 5 nitrogen and oxygen atoms in total. The van der Waals surface area contributed by atoms with Gasteiger partial charge >= 0.3 is 5.17 Å². The summed E-state index contributed by atoms with van der Waals surface area (Å²) in [6, 6.07) is 9.77. The maximum atomic E-state index is 11.6. The Hall–Kier alpha value is -1.70. The smallest absolute Gasteiger partial charge is 0.316 e. The molecule has 0 spiro atoms. The molecule has 1 aromatic carbocycles. The van der Waals surface area contributed by atoms with Gasteiger partial charge in [-0.1, -0.05) is 6.07 Å². The minimum atomic E-state index is -1.01. The fraction of sp³-hybridized carbons (Fsp3) is 0.389. The number of amidine groups is 1. The van der Waals surface area contributed by atoms with Gasteiger partial charge in [-0.3, -0.25) is 0 Å². The number of thioether (sulfide) groups is 1. The zero-order valence-corrected chi connectivity index (χ0v) is 15.9. The van der Waals surface area contributed by atoms with E-state index in [2.05, 4.69) is 9.48 Å². The van der Waals surface area contributed by atoms with Gasteiger partial charge in [0, 0.05) is 11.8 Å². The molecule has 1 atom stereocenters. The average molecular weight is 378 g/mol. The summed E-state index contributed by atoms with van der Waals surface area (Å²) in [5, 5.41) is 14.6. The number of hydrogen-bond donors (Lipinski definition) is 1. The molecule has 0 saturated heterocycles. The molecule has 25 heavy (non-hydrogen) atoms. The maximum absolute atomic E-state index is 11.6. The van der Waals surface area contributed by atoms with E-state index in [-0.39, 0.29) is 0 Å². The highest BCUT2D eigenvalue weighted by molar-refractivity contribution is 8.13. The van der Waals surface area contributed by atoms with E-state index in [9.17, 15) is 5.11 Å². The largest absolute Gasteiger partial charge is 0.497 e. The molecule has 0 fully saturated rings. The monoisotopic (exact) mass is 377 g/mol. The van der Waals surface area contributed by atoms with Crippen LogP contribution < -0.4 is 14.4 Å². The van der Waals surface area contributed by atoms with Crippen molar-refractivity contribution in [2.75, 3.05) is 38.0 Å². The molecule has 2 aromatic rings. The molecular weight excluding hydrogens is 356 g/mol. The molecule has 1 N–H and O–H groups in total. The summed E-state index contributed by atoms with van der Waals surface area (Å²) < 4.78 is 13.1. The van der Waals surface area contributed by atoms with Gasteiger partial charge in [-0.25, -0.2) is 9.48 Å². The number of rotatable bonds is 4. The van der Waals surface area contributed by atoms with Gasteiger partial charge in [-0.2, -0.15) is 0 Å². The summed E-state index contributed by atoms with van der Waals surface area (Å²) in [6.07, 6.45) is 1.06. The van der Waals surface area contributed by atoms with E-state index in [4.69, 9.17) is 9.47 Å². The van der Waals surface area contributed by atoms with E-state index in [1.165, 1.54) is 0 Å². The Bertz CT molecular complexity index is 807. The molecule has 0 unspecified atom stereocenters. The van der Waals surface area contributed by atoms with E-state index in [1.807, 2.05) is 35.7 Å². The highest BCUT2D eigenvalue weighted by atomic mass is 32.2. The summed E-state index contributed by atoms with van der Waals surface area (Å²) in [4.78, 5) is 3.13. The van der Waals surface area contributed by atoms with Crippen LogP contribution in [0.25, 0.3) is 0 Å². The summed E-state index contributed by atoms with van der Waals surface area (Å²) >= 11 is 3.38. The predicted octanol–water partition coefficient (Wildman–Crippen LogP) is 2.94. The molecule has 7 heteroatoms. The highest BCUT2D eigenvalue weighted by Gasteiger charge is 2.54. The third kappa shape index (κ3) is 2.70. The fourth-order valence-corrected chi connectivity index (χ4v) is 5.41. The molecule has 2 aliphatic heterocycles. The number of ether oxygens (including phenoxy) is 2. The first-order valence-electron chi connectivity index (χ1n) is 8.20. The first kappa shape index (κ1) is 16.8. The van der Waals surface area contributed by atoms with Crippen LogP contribution in [0.3, 0.4) is 0 Å². The molecule has 1 aromatic heterocycles. The number of hydrogen-bond acceptors (Lipinski definition) is 6. The van der Waals surface area contributed by atoms with Crippen LogP contribution in [-0.4, -0.2) is 47.9 Å². The maximum Gasteiger partial charge on any atom is 0.316 e. The molecule has 0 radical (unpaired) electrons. The van der Waals surface area contributed by atoms with Crippen molar-refractivity contribution in [3.8, 4) is 11.5 Å². The third-order valence-electron chi connectivity index (χ3n) is 4.64. The van der Waals surface area contributed by atoms with Crippen LogP contribution in [0.5, 0.6) is 11.5 Å². The SMILES string of the molecule is COc1ccc(OC)c(N2C[C@](O)(c3cccs3)[N+]3=C2SCCC3)c1. The minimum Gasteiger partial charge on any atom is -0.497 e. The Labute approximate surface area is 155 Å². The van der Waals surface area contributed by atoms with Gasteiger partial charge in [0.25, 0.3) is 5.72 Å². The number of benzene rings is 1. The van der Waals surface area contributed by atoms with Crippen molar-refractivity contribution in [2.24, 2.45) is 0 Å². The van der Waals surface area contributed by atoms with Crippen LogP contribution in [0, 0.1) is 0 Å². The molecule has 0 bridgehead atoms. The van der Waals surface area contributed by atoms with Crippen LogP contribution in [0.15, 0.2) is 35.7 Å². The van der Waals surface area contributed by atoms with Gasteiger partial charge in [0.05, 0.1) is 25.6 Å². The summed E-state index contributed by atoms with van der Waals surface area (Å²) in [6.45, 7) is 1.32. The second-order valence-corrected chi connectivity index (χ2v) is 8.06. The fourth-order valence-electron chi connectivity index (χ4n) is 3.41. The number of thiophene rings is 1. The second-order valence-electron chi connectivity index (χ2n) is 6.05. The van der Waals surface area contributed by atoms with Gasteiger partial charge in [-0.05, 0) is 41.8 Å². The second kappa shape index (κ2) is 6.55.